The van der Waals surface area contributed by atoms with Crippen molar-refractivity contribution < 1.29 is 4.42 Å². The molecule has 0 N–H and O–H groups in total. The molecule has 0 aliphatic rings. The number of hydrogen-bond acceptors (Lipinski definition) is 3. The molecular formula is C9H10ClN3O. The molecule has 0 spiro atoms. The fraction of sp³-hybridized carbons (Fsp3) is 0.333. The summed E-state index contributed by atoms with van der Waals surface area (Å²) in [5.74, 6) is 1.22. The van der Waals surface area contributed by atoms with Gasteiger partial charge in [0.15, 0.2) is 5.76 Å². The van der Waals surface area contributed by atoms with E-state index in [4.69, 9.17) is 16.0 Å². The average molecular weight is 212 g/mol. The quantitative estimate of drug-likeness (QED) is 0.717. The molecule has 14 heavy (non-hydrogen) atoms. The van der Waals surface area contributed by atoms with Gasteiger partial charge in [0.25, 0.3) is 0 Å². The van der Waals surface area contributed by atoms with Crippen LogP contribution in [0.3, 0.4) is 0 Å². The fourth-order valence-corrected chi connectivity index (χ4v) is 1.31. The number of alkyl halides is 1. The molecule has 74 valence electrons. The second kappa shape index (κ2) is 3.46. The number of halogens is 1. The van der Waals surface area contributed by atoms with Gasteiger partial charge in [-0.1, -0.05) is 0 Å². The van der Waals surface area contributed by atoms with Crippen molar-refractivity contribution in [3.8, 4) is 11.5 Å². The van der Waals surface area contributed by atoms with E-state index in [0.29, 0.717) is 11.7 Å². The van der Waals surface area contributed by atoms with Gasteiger partial charge in [0.05, 0.1) is 6.20 Å². The van der Waals surface area contributed by atoms with E-state index in [0.717, 1.165) is 5.69 Å². The number of aryl methyl sites for hydroxylation is 1. The van der Waals surface area contributed by atoms with Gasteiger partial charge >= 0.3 is 0 Å². The Kier molecular flexibility index (Phi) is 2.29. The monoisotopic (exact) mass is 211 g/mol. The zero-order valence-electron chi connectivity index (χ0n) is 7.94. The maximum atomic E-state index is 5.84. The SMILES string of the molecule is CC(Cl)c1ncc(-c2ccnn2C)o1. The van der Waals surface area contributed by atoms with Crippen molar-refractivity contribution in [2.24, 2.45) is 7.05 Å². The summed E-state index contributed by atoms with van der Waals surface area (Å²) < 4.78 is 7.19. The first kappa shape index (κ1) is 9.27. The summed E-state index contributed by atoms with van der Waals surface area (Å²) in [5.41, 5.74) is 0.890. The lowest BCUT2D eigenvalue weighted by Crippen LogP contribution is -1.91. The van der Waals surface area contributed by atoms with Crippen LogP contribution in [-0.2, 0) is 7.05 Å². The highest BCUT2D eigenvalue weighted by molar-refractivity contribution is 6.20. The van der Waals surface area contributed by atoms with Crippen LogP contribution in [0.5, 0.6) is 0 Å². The van der Waals surface area contributed by atoms with Crippen molar-refractivity contribution in [3.05, 3.63) is 24.4 Å². The lowest BCUT2D eigenvalue weighted by molar-refractivity contribution is 0.503. The Balaban J connectivity index is 2.39. The van der Waals surface area contributed by atoms with Crippen LogP contribution in [0.2, 0.25) is 0 Å². The molecule has 5 heteroatoms. The van der Waals surface area contributed by atoms with Gasteiger partial charge < -0.3 is 4.42 Å². The van der Waals surface area contributed by atoms with E-state index in [-0.39, 0.29) is 5.38 Å². The smallest absolute Gasteiger partial charge is 0.212 e. The van der Waals surface area contributed by atoms with Crippen molar-refractivity contribution in [3.63, 3.8) is 0 Å². The number of hydrogen-bond donors (Lipinski definition) is 0. The van der Waals surface area contributed by atoms with Gasteiger partial charge in [-0.15, -0.1) is 11.6 Å². The van der Waals surface area contributed by atoms with Crippen LogP contribution in [0.1, 0.15) is 18.2 Å². The summed E-state index contributed by atoms with van der Waals surface area (Å²) in [6, 6.07) is 1.86. The third-order valence-electron chi connectivity index (χ3n) is 1.94. The molecule has 0 aliphatic carbocycles. The summed E-state index contributed by atoms with van der Waals surface area (Å²) in [5, 5.41) is 3.83. The Bertz CT molecular complexity index is 433. The van der Waals surface area contributed by atoms with Crippen molar-refractivity contribution >= 4 is 11.6 Å². The van der Waals surface area contributed by atoms with Crippen molar-refractivity contribution in [2.45, 2.75) is 12.3 Å². The van der Waals surface area contributed by atoms with Gasteiger partial charge in [0.2, 0.25) is 5.89 Å². The molecule has 0 saturated heterocycles. The van der Waals surface area contributed by atoms with Crippen LogP contribution in [0.15, 0.2) is 22.9 Å². The molecule has 4 nitrogen and oxygen atoms in total. The van der Waals surface area contributed by atoms with Crippen LogP contribution >= 0.6 is 11.6 Å². The molecule has 0 aromatic carbocycles. The van der Waals surface area contributed by atoms with Crippen molar-refractivity contribution in [1.82, 2.24) is 14.8 Å². The molecule has 0 saturated carbocycles. The zero-order valence-corrected chi connectivity index (χ0v) is 8.69. The number of nitrogens with zero attached hydrogens (tertiary/aromatic N) is 3. The predicted molar refractivity (Wildman–Crippen MR) is 53.0 cm³/mol. The third kappa shape index (κ3) is 1.53. The summed E-state index contributed by atoms with van der Waals surface area (Å²) >= 11 is 5.84. The molecule has 1 unspecified atom stereocenters. The Morgan fingerprint density at radius 2 is 2.36 bits per heavy atom. The van der Waals surface area contributed by atoms with E-state index in [1.807, 2.05) is 20.0 Å². The first-order valence-electron chi connectivity index (χ1n) is 4.26. The molecule has 0 amide bonds. The molecule has 2 rings (SSSR count). The maximum Gasteiger partial charge on any atom is 0.212 e. The van der Waals surface area contributed by atoms with E-state index in [9.17, 15) is 0 Å². The minimum absolute atomic E-state index is 0.211. The summed E-state index contributed by atoms with van der Waals surface area (Å²) in [4.78, 5) is 4.07. The van der Waals surface area contributed by atoms with Crippen molar-refractivity contribution in [2.75, 3.05) is 0 Å². The van der Waals surface area contributed by atoms with Crippen LogP contribution in [0, 0.1) is 0 Å². The highest BCUT2D eigenvalue weighted by atomic mass is 35.5. The molecule has 0 bridgehead atoms. The van der Waals surface area contributed by atoms with E-state index in [2.05, 4.69) is 10.1 Å². The molecule has 2 aromatic heterocycles. The first-order chi connectivity index (χ1) is 6.68. The topological polar surface area (TPSA) is 43.9 Å². The number of aromatic nitrogens is 3. The van der Waals surface area contributed by atoms with Crippen LogP contribution in [-0.4, -0.2) is 14.8 Å². The lowest BCUT2D eigenvalue weighted by Gasteiger charge is -1.96. The Hall–Kier alpha value is -1.29. The van der Waals surface area contributed by atoms with E-state index >= 15 is 0 Å². The van der Waals surface area contributed by atoms with E-state index in [1.54, 1.807) is 17.1 Å². The summed E-state index contributed by atoms with van der Waals surface area (Å²) in [6.45, 7) is 1.82. The molecule has 2 heterocycles. The minimum atomic E-state index is -0.211. The molecule has 1 atom stereocenters. The minimum Gasteiger partial charge on any atom is -0.437 e. The summed E-state index contributed by atoms with van der Waals surface area (Å²) in [7, 11) is 1.85. The van der Waals surface area contributed by atoms with Gasteiger partial charge in [-0.25, -0.2) is 4.98 Å². The fourth-order valence-electron chi connectivity index (χ4n) is 1.21. The second-order valence-electron chi connectivity index (χ2n) is 3.02. The van der Waals surface area contributed by atoms with Gasteiger partial charge in [0.1, 0.15) is 11.1 Å². The van der Waals surface area contributed by atoms with E-state index < -0.39 is 0 Å². The van der Waals surface area contributed by atoms with Gasteiger partial charge in [-0.2, -0.15) is 5.10 Å². The highest BCUT2D eigenvalue weighted by Crippen LogP contribution is 2.24. The Labute approximate surface area is 86.5 Å². The largest absolute Gasteiger partial charge is 0.437 e. The lowest BCUT2D eigenvalue weighted by atomic mass is 10.3. The average Bonchev–Trinajstić information content (AvgIpc) is 2.71. The van der Waals surface area contributed by atoms with Crippen LogP contribution < -0.4 is 0 Å². The van der Waals surface area contributed by atoms with Crippen molar-refractivity contribution in [1.29, 1.82) is 0 Å². The zero-order chi connectivity index (χ0) is 10.1. The maximum absolute atomic E-state index is 5.84. The Morgan fingerprint density at radius 3 is 2.86 bits per heavy atom. The van der Waals surface area contributed by atoms with Gasteiger partial charge in [0, 0.05) is 13.2 Å². The Morgan fingerprint density at radius 1 is 1.57 bits per heavy atom. The molecular weight excluding hydrogens is 202 g/mol. The number of oxazole rings is 1. The molecule has 2 aromatic rings. The second-order valence-corrected chi connectivity index (χ2v) is 3.67. The molecule has 0 radical (unpaired) electrons. The van der Waals surface area contributed by atoms with Gasteiger partial charge in [-0.3, -0.25) is 4.68 Å². The van der Waals surface area contributed by atoms with Crippen LogP contribution in [0.25, 0.3) is 11.5 Å². The van der Waals surface area contributed by atoms with E-state index in [1.165, 1.54) is 0 Å². The number of rotatable bonds is 2. The molecule has 0 aliphatic heterocycles. The highest BCUT2D eigenvalue weighted by Gasteiger charge is 2.12. The third-order valence-corrected chi connectivity index (χ3v) is 2.12. The van der Waals surface area contributed by atoms with Crippen LogP contribution in [0.4, 0.5) is 0 Å². The summed E-state index contributed by atoms with van der Waals surface area (Å²) in [6.07, 6.45) is 3.37. The van der Waals surface area contributed by atoms with Gasteiger partial charge in [-0.05, 0) is 13.0 Å². The normalized spacial score (nSPS) is 13.1. The predicted octanol–water partition coefficient (Wildman–Crippen LogP) is 2.37. The first-order valence-corrected chi connectivity index (χ1v) is 4.70. The molecule has 0 fully saturated rings. The standard InChI is InChI=1S/C9H10ClN3O/c1-6(10)9-11-5-8(14-9)7-3-4-12-13(7)2/h3-6H,1-2H3.